The Kier molecular flexibility index (Phi) is 6.08. The van der Waals surface area contributed by atoms with Crippen LogP contribution >= 0.6 is 11.3 Å². The summed E-state index contributed by atoms with van der Waals surface area (Å²) in [7, 11) is 1.30. The monoisotopic (exact) mass is 434 g/mol. The van der Waals surface area contributed by atoms with E-state index in [1.54, 1.807) is 0 Å². The fourth-order valence-electron chi connectivity index (χ4n) is 3.08. The topological polar surface area (TPSA) is 112 Å². The van der Waals surface area contributed by atoms with E-state index in [0.717, 1.165) is 5.56 Å². The molecule has 0 radical (unpaired) electrons. The van der Waals surface area contributed by atoms with Gasteiger partial charge in [-0.25, -0.2) is 14.5 Å². The van der Waals surface area contributed by atoms with Crippen molar-refractivity contribution in [2.75, 3.05) is 12.4 Å². The summed E-state index contributed by atoms with van der Waals surface area (Å²) in [6, 6.07) is 18.0. The Hall–Kier alpha value is -3.92. The van der Waals surface area contributed by atoms with E-state index >= 15 is 0 Å². The van der Waals surface area contributed by atoms with Crippen LogP contribution in [0.1, 0.15) is 32.5 Å². The molecule has 0 aliphatic carbocycles. The van der Waals surface area contributed by atoms with Gasteiger partial charge in [0.05, 0.1) is 7.11 Å². The summed E-state index contributed by atoms with van der Waals surface area (Å²) in [5, 5.41) is 14.2. The molecule has 2 aromatic carbocycles. The summed E-state index contributed by atoms with van der Waals surface area (Å²) in [6.45, 7) is 0. The molecule has 9 nitrogen and oxygen atoms in total. The van der Waals surface area contributed by atoms with Crippen molar-refractivity contribution in [3.63, 3.8) is 0 Å². The average molecular weight is 434 g/mol. The molecule has 0 aliphatic rings. The fourth-order valence-corrected chi connectivity index (χ4v) is 4.07. The third-order valence-corrected chi connectivity index (χ3v) is 5.48. The minimum Gasteiger partial charge on any atom is -0.464 e. The molecule has 0 saturated heterocycles. The zero-order valence-electron chi connectivity index (χ0n) is 16.5. The number of esters is 1. The maximum atomic E-state index is 13.2. The molecule has 4 aromatic rings. The second kappa shape index (κ2) is 9.26. The standard InChI is InChI=1S/C21H18N6O3S/c1-30-20(29)17-16(12-14-8-4-2-5-9-14)31-21(23-17)24-19(28)18(27-13-22-25-26-27)15-10-6-3-7-11-15/h2-11,13,18H,12H2,1H3,(H,23,24,28)/t18-/m0/s1. The van der Waals surface area contributed by atoms with Crippen LogP contribution in [-0.4, -0.2) is 44.2 Å². The third-order valence-electron chi connectivity index (χ3n) is 4.51. The van der Waals surface area contributed by atoms with E-state index in [9.17, 15) is 9.59 Å². The number of tetrazole rings is 1. The van der Waals surface area contributed by atoms with Crippen molar-refractivity contribution < 1.29 is 14.3 Å². The van der Waals surface area contributed by atoms with Gasteiger partial charge in [-0.2, -0.15) is 0 Å². The molecule has 2 aromatic heterocycles. The first-order valence-corrected chi connectivity index (χ1v) is 10.2. The maximum absolute atomic E-state index is 13.2. The molecule has 4 rings (SSSR count). The number of anilines is 1. The van der Waals surface area contributed by atoms with Gasteiger partial charge in [0, 0.05) is 11.3 Å². The van der Waals surface area contributed by atoms with E-state index in [-0.39, 0.29) is 11.6 Å². The summed E-state index contributed by atoms with van der Waals surface area (Å²) in [4.78, 5) is 30.4. The lowest BCUT2D eigenvalue weighted by molar-refractivity contribution is -0.118. The number of methoxy groups -OCH3 is 1. The summed E-state index contributed by atoms with van der Waals surface area (Å²) in [5.41, 5.74) is 1.91. The van der Waals surface area contributed by atoms with Crippen LogP contribution in [0.3, 0.4) is 0 Å². The zero-order chi connectivity index (χ0) is 21.6. The molecule has 1 atom stereocenters. The number of amides is 1. The van der Waals surface area contributed by atoms with Crippen LogP contribution in [0.2, 0.25) is 0 Å². The van der Waals surface area contributed by atoms with Crippen LogP contribution in [0.15, 0.2) is 67.0 Å². The first-order valence-electron chi connectivity index (χ1n) is 9.36. The van der Waals surface area contributed by atoms with E-state index < -0.39 is 12.0 Å². The predicted octanol–water partition coefficient (Wildman–Crippen LogP) is 2.74. The molecular weight excluding hydrogens is 416 g/mol. The summed E-state index contributed by atoms with van der Waals surface area (Å²) >= 11 is 1.23. The smallest absolute Gasteiger partial charge is 0.357 e. The molecule has 0 fully saturated rings. The highest BCUT2D eigenvalue weighted by molar-refractivity contribution is 7.16. The highest BCUT2D eigenvalue weighted by Gasteiger charge is 2.26. The van der Waals surface area contributed by atoms with Crippen LogP contribution in [0.5, 0.6) is 0 Å². The van der Waals surface area contributed by atoms with Crippen molar-refractivity contribution in [2.24, 2.45) is 0 Å². The molecule has 0 unspecified atom stereocenters. The summed E-state index contributed by atoms with van der Waals surface area (Å²) in [5.74, 6) is -0.933. The number of benzene rings is 2. The Labute approximate surface area is 181 Å². The number of thiazole rings is 1. The molecule has 0 spiro atoms. The Bertz CT molecular complexity index is 1160. The predicted molar refractivity (Wildman–Crippen MR) is 114 cm³/mol. The number of hydrogen-bond acceptors (Lipinski definition) is 8. The average Bonchev–Trinajstić information content (AvgIpc) is 3.45. The van der Waals surface area contributed by atoms with Crippen molar-refractivity contribution >= 4 is 28.3 Å². The first-order chi connectivity index (χ1) is 15.2. The Balaban J connectivity index is 1.63. The summed E-state index contributed by atoms with van der Waals surface area (Å²) in [6.07, 6.45) is 1.87. The van der Waals surface area contributed by atoms with Gasteiger partial charge in [0.1, 0.15) is 6.33 Å². The lowest BCUT2D eigenvalue weighted by Gasteiger charge is -2.15. The Morgan fingerprint density at radius 1 is 1.10 bits per heavy atom. The van der Waals surface area contributed by atoms with Crippen molar-refractivity contribution in [3.05, 3.63) is 88.7 Å². The highest BCUT2D eigenvalue weighted by atomic mass is 32.1. The van der Waals surface area contributed by atoms with Gasteiger partial charge in [0.15, 0.2) is 16.9 Å². The molecule has 0 bridgehead atoms. The number of rotatable bonds is 7. The second-order valence-corrected chi connectivity index (χ2v) is 7.62. The van der Waals surface area contributed by atoms with E-state index in [4.69, 9.17) is 4.74 Å². The number of carbonyl (C=O) groups excluding carboxylic acids is 2. The number of hydrogen-bond donors (Lipinski definition) is 1. The van der Waals surface area contributed by atoms with Crippen molar-refractivity contribution in [2.45, 2.75) is 12.5 Å². The Morgan fingerprint density at radius 3 is 2.45 bits per heavy atom. The summed E-state index contributed by atoms with van der Waals surface area (Å²) < 4.78 is 6.24. The maximum Gasteiger partial charge on any atom is 0.357 e. The second-order valence-electron chi connectivity index (χ2n) is 6.54. The van der Waals surface area contributed by atoms with Crippen LogP contribution in [-0.2, 0) is 16.0 Å². The zero-order valence-corrected chi connectivity index (χ0v) is 17.3. The lowest BCUT2D eigenvalue weighted by Crippen LogP contribution is -2.27. The van der Waals surface area contributed by atoms with Crippen LogP contribution in [0.25, 0.3) is 0 Å². The molecule has 2 heterocycles. The third kappa shape index (κ3) is 4.64. The van der Waals surface area contributed by atoms with Gasteiger partial charge < -0.3 is 4.74 Å². The molecule has 156 valence electrons. The number of aromatic nitrogens is 5. The van der Waals surface area contributed by atoms with Crippen LogP contribution in [0.4, 0.5) is 5.13 Å². The van der Waals surface area contributed by atoms with Crippen molar-refractivity contribution in [1.82, 2.24) is 25.2 Å². The van der Waals surface area contributed by atoms with Gasteiger partial charge in [-0.05, 0) is 21.6 Å². The number of carbonyl (C=O) groups is 2. The van der Waals surface area contributed by atoms with Crippen molar-refractivity contribution in [1.29, 1.82) is 0 Å². The normalized spacial score (nSPS) is 11.6. The van der Waals surface area contributed by atoms with Crippen LogP contribution in [0, 0.1) is 0 Å². The number of nitrogens with zero attached hydrogens (tertiary/aromatic N) is 5. The number of nitrogens with one attached hydrogen (secondary N) is 1. The van der Waals surface area contributed by atoms with Gasteiger partial charge >= 0.3 is 5.97 Å². The van der Waals surface area contributed by atoms with E-state index in [1.165, 1.54) is 29.5 Å². The quantitative estimate of drug-likeness (QED) is 0.445. The molecule has 10 heteroatoms. The van der Waals surface area contributed by atoms with E-state index in [1.807, 2.05) is 60.7 Å². The van der Waals surface area contributed by atoms with E-state index in [2.05, 4.69) is 25.8 Å². The minimum atomic E-state index is -0.792. The minimum absolute atomic E-state index is 0.185. The Morgan fingerprint density at radius 2 is 1.81 bits per heavy atom. The molecule has 1 amide bonds. The van der Waals surface area contributed by atoms with Gasteiger partial charge in [-0.15, -0.1) is 16.4 Å². The molecule has 31 heavy (non-hydrogen) atoms. The SMILES string of the molecule is COC(=O)c1nc(NC(=O)[C@H](c2ccccc2)n2cnnn2)sc1Cc1ccccc1. The highest BCUT2D eigenvalue weighted by Crippen LogP contribution is 2.28. The van der Waals surface area contributed by atoms with Gasteiger partial charge in [0.25, 0.3) is 5.91 Å². The largest absolute Gasteiger partial charge is 0.464 e. The fraction of sp³-hybridized carbons (Fsp3) is 0.143. The lowest BCUT2D eigenvalue weighted by atomic mass is 10.1. The van der Waals surface area contributed by atoms with E-state index in [0.29, 0.717) is 22.0 Å². The van der Waals surface area contributed by atoms with Gasteiger partial charge in [-0.3, -0.25) is 10.1 Å². The van der Waals surface area contributed by atoms with Crippen LogP contribution < -0.4 is 5.32 Å². The molecule has 1 N–H and O–H groups in total. The van der Waals surface area contributed by atoms with Crippen molar-refractivity contribution in [3.8, 4) is 0 Å². The molecule has 0 aliphatic heterocycles. The molecule has 0 saturated carbocycles. The first kappa shape index (κ1) is 20.4. The van der Waals surface area contributed by atoms with Gasteiger partial charge in [0.2, 0.25) is 0 Å². The van der Waals surface area contributed by atoms with Gasteiger partial charge in [-0.1, -0.05) is 60.7 Å². The number of ether oxygens (including phenoxy) is 1. The molecular formula is C21H18N6O3S.